The van der Waals surface area contributed by atoms with Crippen LogP contribution < -0.4 is 0 Å². The minimum absolute atomic E-state index is 0.281. The summed E-state index contributed by atoms with van der Waals surface area (Å²) in [4.78, 5) is 22.4. The third-order valence-corrected chi connectivity index (χ3v) is 5.25. The van der Waals surface area contributed by atoms with Crippen LogP contribution in [-0.4, -0.2) is 17.8 Å². The number of halogens is 2. The molecule has 2 aromatic rings. The van der Waals surface area contributed by atoms with Gasteiger partial charge in [0.15, 0.2) is 0 Å². The topological polar surface area (TPSA) is 60.2 Å². The summed E-state index contributed by atoms with van der Waals surface area (Å²) in [6.45, 7) is -0.281. The van der Waals surface area contributed by atoms with E-state index in [1.54, 1.807) is 0 Å². The van der Waals surface area contributed by atoms with E-state index < -0.39 is 11.8 Å². The van der Waals surface area contributed by atoms with Crippen LogP contribution in [0.2, 0.25) is 0 Å². The minimum atomic E-state index is -0.481. The van der Waals surface area contributed by atoms with Crippen LogP contribution in [0.3, 0.4) is 0 Å². The molecule has 0 N–H and O–H groups in total. The molecular weight excluding hydrogens is 426 g/mol. The lowest BCUT2D eigenvalue weighted by atomic mass is 9.83. The monoisotopic (exact) mass is 439 g/mol. The summed E-state index contributed by atoms with van der Waals surface area (Å²) in [6, 6.07) is 14.9. The van der Waals surface area contributed by atoms with Crippen LogP contribution in [0.5, 0.6) is 0 Å². The number of nitro groups is 1. The van der Waals surface area contributed by atoms with E-state index in [9.17, 15) is 14.9 Å². The molecule has 0 saturated heterocycles. The Morgan fingerprint density at radius 2 is 1.65 bits per heavy atom. The van der Waals surface area contributed by atoms with E-state index in [0.29, 0.717) is 6.42 Å². The summed E-state index contributed by atoms with van der Waals surface area (Å²) in [7, 11) is 0. The summed E-state index contributed by atoms with van der Waals surface area (Å²) in [5.41, 5.74) is 1.75. The summed E-state index contributed by atoms with van der Waals surface area (Å²) in [5, 5.41) is 11.1. The van der Waals surface area contributed by atoms with Crippen LogP contribution in [0.4, 0.5) is 0 Å². The van der Waals surface area contributed by atoms with Gasteiger partial charge in [-0.25, -0.2) is 0 Å². The molecule has 0 aliphatic carbocycles. The van der Waals surface area contributed by atoms with Gasteiger partial charge in [-0.2, -0.15) is 0 Å². The molecule has 0 aliphatic rings. The van der Waals surface area contributed by atoms with Gasteiger partial charge < -0.3 is 4.79 Å². The summed E-state index contributed by atoms with van der Waals surface area (Å²) < 4.78 is 1.68. The van der Waals surface area contributed by atoms with Gasteiger partial charge in [0.25, 0.3) is 0 Å². The largest absolute Gasteiger partial charge is 0.303 e. The van der Waals surface area contributed by atoms with Crippen LogP contribution in [-0.2, 0) is 11.2 Å². The molecule has 120 valence electrons. The Kier molecular flexibility index (Phi) is 6.47. The maximum Gasteiger partial charge on any atom is 0.211 e. The van der Waals surface area contributed by atoms with Crippen molar-refractivity contribution >= 4 is 38.1 Å². The Balaban J connectivity index is 2.36. The quantitative estimate of drug-likeness (QED) is 0.358. The Hall–Kier alpha value is -1.53. The van der Waals surface area contributed by atoms with E-state index in [-0.39, 0.29) is 11.5 Å². The van der Waals surface area contributed by atoms with E-state index in [4.69, 9.17) is 0 Å². The van der Waals surface area contributed by atoms with Crippen molar-refractivity contribution in [2.24, 2.45) is 5.92 Å². The molecule has 0 radical (unpaired) electrons. The lowest BCUT2D eigenvalue weighted by Gasteiger charge is -2.21. The molecule has 2 atom stereocenters. The summed E-state index contributed by atoms with van der Waals surface area (Å²) >= 11 is 6.90. The highest BCUT2D eigenvalue weighted by Crippen LogP contribution is 2.33. The normalized spacial score (nSPS) is 13.3. The van der Waals surface area contributed by atoms with E-state index in [2.05, 4.69) is 31.9 Å². The highest BCUT2D eigenvalue weighted by atomic mass is 79.9. The third-order valence-electron chi connectivity index (χ3n) is 3.76. The highest BCUT2D eigenvalue weighted by Gasteiger charge is 2.29. The zero-order valence-electron chi connectivity index (χ0n) is 12.2. The van der Waals surface area contributed by atoms with Crippen LogP contribution in [0, 0.1) is 16.0 Å². The minimum Gasteiger partial charge on any atom is -0.303 e. The third kappa shape index (κ3) is 4.72. The fourth-order valence-electron chi connectivity index (χ4n) is 2.60. The van der Waals surface area contributed by atoms with E-state index >= 15 is 0 Å². The van der Waals surface area contributed by atoms with E-state index in [1.807, 2.05) is 48.5 Å². The van der Waals surface area contributed by atoms with Crippen LogP contribution >= 0.6 is 31.9 Å². The number of hydrogen-bond donors (Lipinski definition) is 0. The van der Waals surface area contributed by atoms with Gasteiger partial charge in [0.2, 0.25) is 6.54 Å². The number of aldehydes is 1. The van der Waals surface area contributed by atoms with E-state index in [0.717, 1.165) is 26.4 Å². The van der Waals surface area contributed by atoms with Crippen LogP contribution in [0.1, 0.15) is 17.0 Å². The number of benzene rings is 2. The Morgan fingerprint density at radius 1 is 1.04 bits per heavy atom. The van der Waals surface area contributed by atoms with Gasteiger partial charge in [0.05, 0.1) is 5.92 Å². The second-order valence-corrected chi connectivity index (χ2v) is 6.95. The predicted octanol–water partition coefficient (Wildman–Crippen LogP) is 4.63. The number of nitrogens with zero attached hydrogens (tertiary/aromatic N) is 1. The van der Waals surface area contributed by atoms with Crippen molar-refractivity contribution in [1.82, 2.24) is 0 Å². The van der Waals surface area contributed by atoms with Gasteiger partial charge in [-0.15, -0.1) is 0 Å². The Morgan fingerprint density at radius 3 is 2.22 bits per heavy atom. The first-order valence-corrected chi connectivity index (χ1v) is 8.66. The molecule has 0 aromatic heterocycles. The molecule has 4 nitrogen and oxygen atoms in total. The highest BCUT2D eigenvalue weighted by molar-refractivity contribution is 9.10. The van der Waals surface area contributed by atoms with Gasteiger partial charge in [-0.3, -0.25) is 10.1 Å². The molecule has 0 bridgehead atoms. The molecule has 6 heteroatoms. The van der Waals surface area contributed by atoms with Crippen molar-refractivity contribution in [3.8, 4) is 0 Å². The molecule has 2 aromatic carbocycles. The van der Waals surface area contributed by atoms with Crippen molar-refractivity contribution in [3.63, 3.8) is 0 Å². The fourth-order valence-corrected chi connectivity index (χ4v) is 3.63. The molecule has 2 rings (SSSR count). The average molecular weight is 441 g/mol. The first-order valence-electron chi connectivity index (χ1n) is 7.08. The van der Waals surface area contributed by atoms with Crippen molar-refractivity contribution < 1.29 is 9.72 Å². The standard InChI is InChI=1S/C17H15Br2NO3/c18-16-7-3-1-5-12(16)9-13(11-21)15(10-20(22)23)14-6-2-4-8-17(14)19/h1-8,11,13,15H,9-10H2/t13-,15+/m0/s1. The smallest absolute Gasteiger partial charge is 0.211 e. The molecule has 0 fully saturated rings. The lowest BCUT2D eigenvalue weighted by Crippen LogP contribution is -2.24. The van der Waals surface area contributed by atoms with Crippen molar-refractivity contribution in [1.29, 1.82) is 0 Å². The molecule has 23 heavy (non-hydrogen) atoms. The van der Waals surface area contributed by atoms with Crippen molar-refractivity contribution in [2.45, 2.75) is 12.3 Å². The number of hydrogen-bond acceptors (Lipinski definition) is 3. The molecule has 0 amide bonds. The molecule has 0 aliphatic heterocycles. The maximum atomic E-state index is 11.7. The van der Waals surface area contributed by atoms with Crippen LogP contribution in [0.25, 0.3) is 0 Å². The van der Waals surface area contributed by atoms with Gasteiger partial charge in [0, 0.05) is 19.8 Å². The average Bonchev–Trinajstić information content (AvgIpc) is 2.53. The molecule has 0 spiro atoms. The second kappa shape index (κ2) is 8.36. The first-order chi connectivity index (χ1) is 11.0. The summed E-state index contributed by atoms with van der Waals surface area (Å²) in [6.07, 6.45) is 1.28. The number of carbonyl (C=O) groups excluding carboxylic acids is 1. The van der Waals surface area contributed by atoms with E-state index in [1.165, 1.54) is 0 Å². The van der Waals surface area contributed by atoms with Gasteiger partial charge >= 0.3 is 0 Å². The van der Waals surface area contributed by atoms with Crippen molar-refractivity contribution in [2.75, 3.05) is 6.54 Å². The molecular formula is C17H15Br2NO3. The lowest BCUT2D eigenvalue weighted by molar-refractivity contribution is -0.484. The zero-order valence-corrected chi connectivity index (χ0v) is 15.4. The summed E-state index contributed by atoms with van der Waals surface area (Å²) in [5.74, 6) is -0.956. The maximum absolute atomic E-state index is 11.7. The zero-order chi connectivity index (χ0) is 16.8. The number of carbonyl (C=O) groups is 1. The van der Waals surface area contributed by atoms with Gasteiger partial charge in [-0.1, -0.05) is 68.3 Å². The molecule has 0 saturated carbocycles. The molecule has 0 unspecified atom stereocenters. The number of rotatable bonds is 7. The predicted molar refractivity (Wildman–Crippen MR) is 96.1 cm³/mol. The second-order valence-electron chi connectivity index (χ2n) is 5.24. The van der Waals surface area contributed by atoms with Gasteiger partial charge in [-0.05, 0) is 29.7 Å². The Bertz CT molecular complexity index is 706. The fraction of sp³-hybridized carbons (Fsp3) is 0.235. The van der Waals surface area contributed by atoms with Crippen LogP contribution in [0.15, 0.2) is 57.5 Å². The first kappa shape index (κ1) is 17.8. The van der Waals surface area contributed by atoms with Gasteiger partial charge in [0.1, 0.15) is 6.29 Å². The Labute approximate surface area is 151 Å². The van der Waals surface area contributed by atoms with Crippen molar-refractivity contribution in [3.05, 3.63) is 78.7 Å². The molecule has 0 heterocycles. The SMILES string of the molecule is O=C[C@H](Cc1ccccc1Br)[C@@H](C[N+](=O)[O-])c1ccccc1Br.